The van der Waals surface area contributed by atoms with Gasteiger partial charge in [-0.2, -0.15) is 0 Å². The zero-order valence-corrected chi connectivity index (χ0v) is 19.9. The van der Waals surface area contributed by atoms with E-state index in [0.29, 0.717) is 36.1 Å². The molecule has 34 heavy (non-hydrogen) atoms. The SMILES string of the molecule is Cc1ncc(Cc2ccc3c(c2)C(C)(CO)CN3C(=O)[C@H]2CC(=O)N(c3cccc(Cl)c3)C2)o1. The zero-order chi connectivity index (χ0) is 24.0. The van der Waals surface area contributed by atoms with Gasteiger partial charge in [0.1, 0.15) is 5.76 Å². The van der Waals surface area contributed by atoms with Crippen molar-refractivity contribution in [2.75, 3.05) is 29.5 Å². The molecule has 3 heterocycles. The summed E-state index contributed by atoms with van der Waals surface area (Å²) in [6.07, 6.45) is 2.44. The first kappa shape index (κ1) is 22.6. The zero-order valence-electron chi connectivity index (χ0n) is 19.1. The van der Waals surface area contributed by atoms with Crippen molar-refractivity contribution in [3.05, 3.63) is 76.5 Å². The van der Waals surface area contributed by atoms with Gasteiger partial charge in [-0.05, 0) is 35.4 Å². The number of carbonyl (C=O) groups excluding carboxylic acids is 2. The van der Waals surface area contributed by atoms with Gasteiger partial charge in [0.15, 0.2) is 5.89 Å². The lowest BCUT2D eigenvalue weighted by molar-refractivity contribution is -0.124. The fourth-order valence-electron chi connectivity index (χ4n) is 4.94. The van der Waals surface area contributed by atoms with Gasteiger partial charge in [0.2, 0.25) is 11.8 Å². The van der Waals surface area contributed by atoms with Crippen molar-refractivity contribution >= 4 is 34.8 Å². The molecule has 7 nitrogen and oxygen atoms in total. The summed E-state index contributed by atoms with van der Waals surface area (Å²) < 4.78 is 5.61. The number of aliphatic hydroxyl groups excluding tert-OH is 1. The van der Waals surface area contributed by atoms with Gasteiger partial charge in [-0.3, -0.25) is 9.59 Å². The highest BCUT2D eigenvalue weighted by Crippen LogP contribution is 2.43. The summed E-state index contributed by atoms with van der Waals surface area (Å²) in [5, 5.41) is 10.8. The first-order valence-corrected chi connectivity index (χ1v) is 11.7. The summed E-state index contributed by atoms with van der Waals surface area (Å²) in [6, 6.07) is 13.0. The summed E-state index contributed by atoms with van der Waals surface area (Å²) in [5.74, 6) is 0.723. The number of benzene rings is 2. The summed E-state index contributed by atoms with van der Waals surface area (Å²) >= 11 is 6.10. The summed E-state index contributed by atoms with van der Waals surface area (Å²) in [5.41, 5.74) is 2.84. The quantitative estimate of drug-likeness (QED) is 0.600. The molecule has 0 spiro atoms. The molecule has 1 aromatic heterocycles. The van der Waals surface area contributed by atoms with Crippen LogP contribution in [0.5, 0.6) is 0 Å². The van der Waals surface area contributed by atoms with Crippen LogP contribution in [0.4, 0.5) is 11.4 Å². The highest BCUT2D eigenvalue weighted by Gasteiger charge is 2.45. The minimum Gasteiger partial charge on any atom is -0.446 e. The lowest BCUT2D eigenvalue weighted by Crippen LogP contribution is -2.41. The Bertz CT molecular complexity index is 1270. The topological polar surface area (TPSA) is 86.9 Å². The van der Waals surface area contributed by atoms with Crippen LogP contribution in [-0.2, 0) is 21.4 Å². The molecular formula is C26H26ClN3O4. The molecule has 1 unspecified atom stereocenters. The second kappa shape index (κ2) is 8.56. The van der Waals surface area contributed by atoms with Crippen molar-refractivity contribution in [3.8, 4) is 0 Å². The molecule has 176 valence electrons. The van der Waals surface area contributed by atoms with Gasteiger partial charge in [0.05, 0.1) is 18.7 Å². The van der Waals surface area contributed by atoms with E-state index < -0.39 is 11.3 Å². The number of nitrogens with zero attached hydrogens (tertiary/aromatic N) is 3. The van der Waals surface area contributed by atoms with E-state index >= 15 is 0 Å². The predicted molar refractivity (Wildman–Crippen MR) is 129 cm³/mol. The maximum Gasteiger partial charge on any atom is 0.232 e. The minimum absolute atomic E-state index is 0.0904. The van der Waals surface area contributed by atoms with Gasteiger partial charge >= 0.3 is 0 Å². The maximum absolute atomic E-state index is 13.6. The van der Waals surface area contributed by atoms with E-state index in [2.05, 4.69) is 4.98 Å². The Morgan fingerprint density at radius 2 is 2.12 bits per heavy atom. The number of carbonyl (C=O) groups is 2. The minimum atomic E-state index is -0.590. The first-order chi connectivity index (χ1) is 16.3. The molecule has 0 bridgehead atoms. The number of rotatable bonds is 5. The Morgan fingerprint density at radius 1 is 1.29 bits per heavy atom. The van der Waals surface area contributed by atoms with E-state index in [9.17, 15) is 14.7 Å². The Morgan fingerprint density at radius 3 is 2.82 bits per heavy atom. The second-order valence-electron chi connectivity index (χ2n) is 9.40. The monoisotopic (exact) mass is 479 g/mol. The highest BCUT2D eigenvalue weighted by atomic mass is 35.5. The Balaban J connectivity index is 1.40. The fourth-order valence-corrected chi connectivity index (χ4v) is 5.12. The van der Waals surface area contributed by atoms with Crippen molar-refractivity contribution in [3.63, 3.8) is 0 Å². The van der Waals surface area contributed by atoms with Crippen LogP contribution in [0, 0.1) is 12.8 Å². The van der Waals surface area contributed by atoms with Crippen LogP contribution in [0.15, 0.2) is 53.1 Å². The van der Waals surface area contributed by atoms with Crippen molar-refractivity contribution in [2.24, 2.45) is 5.92 Å². The summed E-state index contributed by atoms with van der Waals surface area (Å²) in [4.78, 5) is 33.8. The maximum atomic E-state index is 13.6. The third-order valence-electron chi connectivity index (χ3n) is 6.77. The Kier molecular flexibility index (Phi) is 5.70. The first-order valence-electron chi connectivity index (χ1n) is 11.3. The third kappa shape index (κ3) is 3.99. The summed E-state index contributed by atoms with van der Waals surface area (Å²) in [7, 11) is 0. The molecule has 0 saturated carbocycles. The normalized spacial score (nSPS) is 21.9. The average Bonchev–Trinajstić information content (AvgIpc) is 3.49. The number of hydrogen-bond donors (Lipinski definition) is 1. The smallest absolute Gasteiger partial charge is 0.232 e. The molecule has 5 rings (SSSR count). The van der Waals surface area contributed by atoms with E-state index in [1.165, 1.54) is 0 Å². The van der Waals surface area contributed by atoms with Crippen molar-refractivity contribution in [1.29, 1.82) is 0 Å². The lowest BCUT2D eigenvalue weighted by atomic mass is 9.84. The molecule has 0 aliphatic carbocycles. The molecule has 8 heteroatoms. The number of fused-ring (bicyclic) bond motifs is 1. The lowest BCUT2D eigenvalue weighted by Gasteiger charge is -2.25. The van der Waals surface area contributed by atoms with Crippen molar-refractivity contribution in [2.45, 2.75) is 32.1 Å². The second-order valence-corrected chi connectivity index (χ2v) is 9.84. The van der Waals surface area contributed by atoms with Crippen molar-refractivity contribution < 1.29 is 19.1 Å². The van der Waals surface area contributed by atoms with Gasteiger partial charge in [0, 0.05) is 54.7 Å². The molecule has 1 N–H and O–H groups in total. The number of amides is 2. The van der Waals surface area contributed by atoms with Crippen LogP contribution in [0.3, 0.4) is 0 Å². The number of aromatic nitrogens is 1. The van der Waals surface area contributed by atoms with Gasteiger partial charge in [-0.25, -0.2) is 4.98 Å². The molecule has 2 atom stereocenters. The van der Waals surface area contributed by atoms with E-state index in [0.717, 1.165) is 22.6 Å². The number of aryl methyl sites for hydroxylation is 1. The van der Waals surface area contributed by atoms with Crippen LogP contribution in [0.2, 0.25) is 5.02 Å². The molecule has 2 amide bonds. The molecule has 2 aliphatic heterocycles. The molecule has 1 saturated heterocycles. The fraction of sp³-hybridized carbons (Fsp3) is 0.346. The molecule has 3 aromatic rings. The number of halogens is 1. The van der Waals surface area contributed by atoms with E-state index in [1.807, 2.05) is 31.2 Å². The number of aliphatic hydroxyl groups is 1. The van der Waals surface area contributed by atoms with Gasteiger partial charge < -0.3 is 19.3 Å². The predicted octanol–water partition coefficient (Wildman–Crippen LogP) is 3.88. The Hall–Kier alpha value is -3.16. The standard InChI is InChI=1S/C26H26ClN3O4/c1-16-28-12-21(34-16)8-17-6-7-23-22(9-17)26(2,15-31)14-30(23)25(33)18-10-24(32)29(13-18)20-5-3-4-19(27)11-20/h3-7,9,11-12,18,31H,8,10,13-15H2,1-2H3/t18-,26?/m0/s1. The summed E-state index contributed by atoms with van der Waals surface area (Å²) in [6.45, 7) is 4.35. The Labute approximate surface area is 203 Å². The van der Waals surface area contributed by atoms with Crippen LogP contribution in [0.1, 0.15) is 36.1 Å². The van der Waals surface area contributed by atoms with Gasteiger partial charge in [-0.15, -0.1) is 0 Å². The van der Waals surface area contributed by atoms with Gasteiger partial charge in [0.25, 0.3) is 0 Å². The molecule has 1 fully saturated rings. The van der Waals surface area contributed by atoms with Crippen LogP contribution in [-0.4, -0.2) is 41.6 Å². The molecular weight excluding hydrogens is 454 g/mol. The molecule has 2 aliphatic rings. The third-order valence-corrected chi connectivity index (χ3v) is 7.00. The largest absolute Gasteiger partial charge is 0.446 e. The molecule has 2 aromatic carbocycles. The van der Waals surface area contributed by atoms with Crippen LogP contribution >= 0.6 is 11.6 Å². The van der Waals surface area contributed by atoms with E-state index in [-0.39, 0.29) is 24.8 Å². The number of oxazole rings is 1. The number of anilines is 2. The van der Waals surface area contributed by atoms with Crippen LogP contribution in [0.25, 0.3) is 0 Å². The van der Waals surface area contributed by atoms with Crippen LogP contribution < -0.4 is 9.80 Å². The number of hydrogen-bond acceptors (Lipinski definition) is 5. The van der Waals surface area contributed by atoms with E-state index in [1.54, 1.807) is 41.1 Å². The average molecular weight is 480 g/mol. The molecule has 0 radical (unpaired) electrons. The van der Waals surface area contributed by atoms with Gasteiger partial charge in [-0.1, -0.05) is 36.7 Å². The van der Waals surface area contributed by atoms with E-state index in [4.69, 9.17) is 16.0 Å². The van der Waals surface area contributed by atoms with Crippen molar-refractivity contribution in [1.82, 2.24) is 4.98 Å². The highest BCUT2D eigenvalue weighted by molar-refractivity contribution is 6.31.